The van der Waals surface area contributed by atoms with E-state index in [-0.39, 0.29) is 5.91 Å². The number of carbonyl (C=O) groups excluding carboxylic acids is 1. The van der Waals surface area contributed by atoms with Crippen molar-refractivity contribution >= 4 is 34.1 Å². The van der Waals surface area contributed by atoms with Crippen LogP contribution in [0, 0.1) is 0 Å². The predicted octanol–water partition coefficient (Wildman–Crippen LogP) is 2.45. The molecule has 23 heavy (non-hydrogen) atoms. The zero-order valence-corrected chi connectivity index (χ0v) is 12.7. The summed E-state index contributed by atoms with van der Waals surface area (Å²) in [7, 11) is 1.75. The van der Waals surface area contributed by atoms with Crippen molar-refractivity contribution in [3.63, 3.8) is 0 Å². The highest BCUT2D eigenvalue weighted by Gasteiger charge is 2.28. The quantitative estimate of drug-likeness (QED) is 0.759. The average molecular weight is 309 g/mol. The molecule has 0 radical (unpaired) electrons. The Balaban J connectivity index is 1.69. The molecule has 0 aliphatic carbocycles. The number of amides is 1. The molecule has 0 fully saturated rings. The van der Waals surface area contributed by atoms with Gasteiger partial charge in [-0.05, 0) is 31.2 Å². The van der Waals surface area contributed by atoms with Gasteiger partial charge in [-0.25, -0.2) is 0 Å². The number of rotatable bonds is 2. The Hall–Kier alpha value is -3.09. The molecule has 2 N–H and O–H groups in total. The van der Waals surface area contributed by atoms with E-state index in [1.54, 1.807) is 25.1 Å². The molecule has 3 heterocycles. The van der Waals surface area contributed by atoms with Gasteiger partial charge in [0.1, 0.15) is 11.3 Å². The fraction of sp³-hybridized carbons (Fsp3) is 0.188. The lowest BCUT2D eigenvalue weighted by Crippen LogP contribution is -2.41. The number of aromatic amines is 1. The topological polar surface area (TPSA) is 83.1 Å². The van der Waals surface area contributed by atoms with E-state index in [0.717, 1.165) is 22.4 Å². The van der Waals surface area contributed by atoms with Crippen molar-refractivity contribution in [2.24, 2.45) is 0 Å². The average Bonchev–Trinajstić information content (AvgIpc) is 2.96. The van der Waals surface area contributed by atoms with Crippen molar-refractivity contribution in [3.05, 3.63) is 36.5 Å². The van der Waals surface area contributed by atoms with Crippen molar-refractivity contribution in [2.45, 2.75) is 13.0 Å². The summed E-state index contributed by atoms with van der Waals surface area (Å²) in [6, 6.07) is 9.36. The Morgan fingerprint density at radius 3 is 3.09 bits per heavy atom. The predicted molar refractivity (Wildman–Crippen MR) is 87.1 cm³/mol. The van der Waals surface area contributed by atoms with E-state index in [1.807, 2.05) is 30.3 Å². The van der Waals surface area contributed by atoms with Crippen LogP contribution in [0.2, 0.25) is 0 Å². The summed E-state index contributed by atoms with van der Waals surface area (Å²) in [5, 5.41) is 10.4. The molecule has 4 rings (SSSR count). The molecule has 0 bridgehead atoms. The van der Waals surface area contributed by atoms with Crippen LogP contribution in [0.3, 0.4) is 0 Å². The third-order valence-corrected chi connectivity index (χ3v) is 3.89. The van der Waals surface area contributed by atoms with Gasteiger partial charge in [0.15, 0.2) is 11.9 Å². The first-order valence-electron chi connectivity index (χ1n) is 7.28. The molecular formula is C16H15N5O2. The molecule has 1 unspecified atom stereocenters. The molecule has 1 aliphatic rings. The standard InChI is InChI=1S/C16H15N5O2/c1-9-16(22)21(2)12-6-5-10(8-13(12)23-9)18-15-14-11(19-20-15)4-3-7-17-14/h3-9H,1-2H3,(H2,18,19,20). The number of benzene rings is 1. The minimum absolute atomic E-state index is 0.0549. The van der Waals surface area contributed by atoms with Gasteiger partial charge in [-0.1, -0.05) is 0 Å². The van der Waals surface area contributed by atoms with Crippen molar-refractivity contribution < 1.29 is 9.53 Å². The number of likely N-dealkylation sites (N-methyl/N-ethyl adjacent to an activating group) is 1. The second kappa shape index (κ2) is 4.98. The highest BCUT2D eigenvalue weighted by atomic mass is 16.5. The normalized spacial score (nSPS) is 17.0. The van der Waals surface area contributed by atoms with Gasteiger partial charge in [0, 0.05) is 25.0 Å². The van der Waals surface area contributed by atoms with E-state index < -0.39 is 6.10 Å². The van der Waals surface area contributed by atoms with Gasteiger partial charge in [-0.15, -0.1) is 0 Å². The first-order chi connectivity index (χ1) is 11.1. The number of H-pyrrole nitrogens is 1. The molecule has 2 aromatic heterocycles. The van der Waals surface area contributed by atoms with Crippen LogP contribution in [0.25, 0.3) is 11.0 Å². The fourth-order valence-corrected chi connectivity index (χ4v) is 2.67. The summed E-state index contributed by atoms with van der Waals surface area (Å²) < 4.78 is 5.69. The lowest BCUT2D eigenvalue weighted by molar-refractivity contribution is -0.125. The summed E-state index contributed by atoms with van der Waals surface area (Å²) in [4.78, 5) is 17.9. The number of anilines is 3. The summed E-state index contributed by atoms with van der Waals surface area (Å²) in [6.45, 7) is 1.74. The van der Waals surface area contributed by atoms with Crippen LogP contribution in [0.5, 0.6) is 5.75 Å². The van der Waals surface area contributed by atoms with E-state index in [9.17, 15) is 4.79 Å². The number of nitrogens with one attached hydrogen (secondary N) is 2. The molecule has 1 aliphatic heterocycles. The van der Waals surface area contributed by atoms with E-state index in [4.69, 9.17) is 4.74 Å². The molecule has 0 saturated heterocycles. The number of pyridine rings is 1. The van der Waals surface area contributed by atoms with E-state index >= 15 is 0 Å². The molecule has 7 nitrogen and oxygen atoms in total. The fourth-order valence-electron chi connectivity index (χ4n) is 2.67. The van der Waals surface area contributed by atoms with E-state index in [2.05, 4.69) is 20.5 Å². The van der Waals surface area contributed by atoms with Gasteiger partial charge in [-0.2, -0.15) is 5.10 Å². The van der Waals surface area contributed by atoms with Crippen LogP contribution < -0.4 is 15.0 Å². The van der Waals surface area contributed by atoms with Crippen molar-refractivity contribution in [2.75, 3.05) is 17.3 Å². The maximum atomic E-state index is 11.9. The minimum Gasteiger partial charge on any atom is -0.479 e. The lowest BCUT2D eigenvalue weighted by Gasteiger charge is -2.30. The largest absolute Gasteiger partial charge is 0.479 e. The molecule has 116 valence electrons. The van der Waals surface area contributed by atoms with Gasteiger partial charge in [0.25, 0.3) is 5.91 Å². The molecule has 1 aromatic carbocycles. The van der Waals surface area contributed by atoms with Gasteiger partial charge in [-0.3, -0.25) is 14.9 Å². The second-order valence-electron chi connectivity index (χ2n) is 5.44. The summed E-state index contributed by atoms with van der Waals surface area (Å²) in [5.41, 5.74) is 3.20. The molecule has 1 amide bonds. The van der Waals surface area contributed by atoms with Crippen LogP contribution in [0.4, 0.5) is 17.2 Å². The Labute approximate surface area is 132 Å². The number of nitrogens with zero attached hydrogens (tertiary/aromatic N) is 3. The first kappa shape index (κ1) is 13.6. The number of hydrogen-bond acceptors (Lipinski definition) is 5. The Morgan fingerprint density at radius 2 is 2.22 bits per heavy atom. The summed E-state index contributed by atoms with van der Waals surface area (Å²) >= 11 is 0. The number of carbonyl (C=O) groups is 1. The number of fused-ring (bicyclic) bond motifs is 2. The van der Waals surface area contributed by atoms with E-state index in [1.165, 1.54) is 0 Å². The minimum atomic E-state index is -0.490. The Bertz CT molecular complexity index is 904. The van der Waals surface area contributed by atoms with Crippen molar-refractivity contribution in [1.29, 1.82) is 0 Å². The van der Waals surface area contributed by atoms with Crippen LogP contribution in [0.15, 0.2) is 36.5 Å². The molecule has 7 heteroatoms. The first-order valence-corrected chi connectivity index (χ1v) is 7.28. The lowest BCUT2D eigenvalue weighted by atomic mass is 10.2. The Morgan fingerprint density at radius 1 is 1.35 bits per heavy atom. The number of aromatic nitrogens is 3. The third-order valence-electron chi connectivity index (χ3n) is 3.89. The molecule has 0 saturated carbocycles. The van der Waals surface area contributed by atoms with Gasteiger partial charge in [0.2, 0.25) is 0 Å². The summed E-state index contributed by atoms with van der Waals surface area (Å²) in [5.74, 6) is 1.26. The maximum absolute atomic E-state index is 11.9. The summed E-state index contributed by atoms with van der Waals surface area (Å²) in [6.07, 6.45) is 1.23. The SMILES string of the molecule is CC1Oc2cc(Nc3n[nH]c4cccnc34)ccc2N(C)C1=O. The zero-order chi connectivity index (χ0) is 16.0. The molecule has 1 atom stereocenters. The maximum Gasteiger partial charge on any atom is 0.267 e. The highest BCUT2D eigenvalue weighted by molar-refractivity contribution is 5.99. The smallest absolute Gasteiger partial charge is 0.267 e. The number of hydrogen-bond donors (Lipinski definition) is 2. The van der Waals surface area contributed by atoms with Crippen LogP contribution in [0.1, 0.15) is 6.92 Å². The van der Waals surface area contributed by atoms with Crippen LogP contribution >= 0.6 is 0 Å². The highest BCUT2D eigenvalue weighted by Crippen LogP contribution is 2.36. The third kappa shape index (κ3) is 2.17. The monoisotopic (exact) mass is 309 g/mol. The Kier molecular flexibility index (Phi) is 2.94. The van der Waals surface area contributed by atoms with Crippen LogP contribution in [-0.4, -0.2) is 34.2 Å². The molecular weight excluding hydrogens is 294 g/mol. The zero-order valence-electron chi connectivity index (χ0n) is 12.7. The van der Waals surface area contributed by atoms with Crippen molar-refractivity contribution in [1.82, 2.24) is 15.2 Å². The molecule has 3 aromatic rings. The molecule has 0 spiro atoms. The van der Waals surface area contributed by atoms with E-state index in [0.29, 0.717) is 11.6 Å². The van der Waals surface area contributed by atoms with Crippen LogP contribution in [-0.2, 0) is 4.79 Å². The second-order valence-corrected chi connectivity index (χ2v) is 5.44. The van der Waals surface area contributed by atoms with Gasteiger partial charge < -0.3 is 15.0 Å². The van der Waals surface area contributed by atoms with Crippen molar-refractivity contribution in [3.8, 4) is 5.75 Å². The van der Waals surface area contributed by atoms with Gasteiger partial charge in [0.05, 0.1) is 11.2 Å². The van der Waals surface area contributed by atoms with Gasteiger partial charge >= 0.3 is 0 Å². The number of ether oxygens (including phenoxy) is 1.